The Kier molecular flexibility index (Phi) is 5.07. The van der Waals surface area contributed by atoms with Crippen molar-refractivity contribution >= 4 is 0 Å². The second-order valence-corrected chi connectivity index (χ2v) is 5.67. The molecule has 0 bridgehead atoms. The number of nitrogens with zero attached hydrogens (tertiary/aromatic N) is 1. The fraction of sp³-hybridized carbons (Fsp3) is 1.00. The third-order valence-corrected chi connectivity index (χ3v) is 3.93. The summed E-state index contributed by atoms with van der Waals surface area (Å²) < 4.78 is 0. The van der Waals surface area contributed by atoms with Gasteiger partial charge in [0.25, 0.3) is 0 Å². The van der Waals surface area contributed by atoms with Crippen LogP contribution in [0, 0.1) is 11.3 Å². The lowest BCUT2D eigenvalue weighted by atomic mass is 9.88. The molecule has 0 spiro atoms. The molecule has 0 aromatic rings. The minimum absolute atomic E-state index is 0.0906. The van der Waals surface area contributed by atoms with E-state index in [0.717, 1.165) is 18.9 Å². The van der Waals surface area contributed by atoms with Crippen LogP contribution in [-0.4, -0.2) is 36.8 Å². The van der Waals surface area contributed by atoms with Crippen LogP contribution in [0.25, 0.3) is 0 Å². The zero-order chi connectivity index (χ0) is 11.3. The van der Waals surface area contributed by atoms with E-state index >= 15 is 0 Å². The van der Waals surface area contributed by atoms with Crippen molar-refractivity contribution in [1.82, 2.24) is 4.90 Å². The summed E-state index contributed by atoms with van der Waals surface area (Å²) in [6.07, 6.45) is 6.71. The second-order valence-electron chi connectivity index (χ2n) is 5.67. The van der Waals surface area contributed by atoms with E-state index in [4.69, 9.17) is 0 Å². The molecule has 1 rings (SSSR count). The van der Waals surface area contributed by atoms with Gasteiger partial charge in [0.15, 0.2) is 0 Å². The molecule has 1 atom stereocenters. The van der Waals surface area contributed by atoms with Crippen LogP contribution < -0.4 is 0 Å². The Morgan fingerprint density at radius 2 is 1.93 bits per heavy atom. The molecule has 0 radical (unpaired) electrons. The summed E-state index contributed by atoms with van der Waals surface area (Å²) in [6, 6.07) is 0. The molecule has 1 unspecified atom stereocenters. The van der Waals surface area contributed by atoms with Crippen molar-refractivity contribution in [3.63, 3.8) is 0 Å². The van der Waals surface area contributed by atoms with E-state index in [2.05, 4.69) is 25.8 Å². The minimum Gasteiger partial charge on any atom is -0.396 e. The third kappa shape index (κ3) is 4.12. The van der Waals surface area contributed by atoms with Gasteiger partial charge in [-0.2, -0.15) is 0 Å². The summed E-state index contributed by atoms with van der Waals surface area (Å²) in [5.41, 5.74) is 0.0906. The maximum absolute atomic E-state index is 9.37. The highest BCUT2D eigenvalue weighted by molar-refractivity contribution is 4.77. The van der Waals surface area contributed by atoms with Crippen LogP contribution in [0.15, 0.2) is 0 Å². The molecule has 0 saturated heterocycles. The largest absolute Gasteiger partial charge is 0.396 e. The van der Waals surface area contributed by atoms with E-state index < -0.39 is 0 Å². The maximum atomic E-state index is 9.37. The quantitative estimate of drug-likeness (QED) is 0.733. The van der Waals surface area contributed by atoms with Crippen molar-refractivity contribution in [3.8, 4) is 0 Å². The molecule has 1 aliphatic rings. The lowest BCUT2D eigenvalue weighted by Crippen LogP contribution is -2.37. The molecule has 2 nitrogen and oxygen atoms in total. The van der Waals surface area contributed by atoms with Crippen molar-refractivity contribution in [2.45, 2.75) is 46.0 Å². The Hall–Kier alpha value is -0.0800. The number of aliphatic hydroxyl groups is 1. The molecule has 1 saturated carbocycles. The predicted octanol–water partition coefficient (Wildman–Crippen LogP) is 2.52. The summed E-state index contributed by atoms with van der Waals surface area (Å²) in [7, 11) is 2.20. The Bertz CT molecular complexity index is 171. The number of rotatable bonds is 6. The van der Waals surface area contributed by atoms with Crippen LogP contribution in [0.1, 0.15) is 46.0 Å². The fourth-order valence-electron chi connectivity index (χ4n) is 2.62. The molecule has 1 N–H and O–H groups in total. The van der Waals surface area contributed by atoms with Gasteiger partial charge < -0.3 is 10.0 Å². The molecule has 0 aromatic carbocycles. The van der Waals surface area contributed by atoms with Crippen molar-refractivity contribution in [2.24, 2.45) is 11.3 Å². The van der Waals surface area contributed by atoms with Crippen molar-refractivity contribution in [2.75, 3.05) is 26.7 Å². The standard InChI is InChI=1S/C13H27NO/c1-4-13(2,11-15)10-14(3)9-12-7-5-6-8-12/h12,15H,4-11H2,1-3H3. The van der Waals surface area contributed by atoms with Gasteiger partial charge in [-0.3, -0.25) is 0 Å². The van der Waals surface area contributed by atoms with Gasteiger partial charge in [-0.15, -0.1) is 0 Å². The molecule has 90 valence electrons. The molecule has 1 aliphatic carbocycles. The molecule has 0 amide bonds. The Labute approximate surface area is 94.7 Å². The van der Waals surface area contributed by atoms with Gasteiger partial charge in [0.05, 0.1) is 0 Å². The molecule has 15 heavy (non-hydrogen) atoms. The zero-order valence-corrected chi connectivity index (χ0v) is 10.6. The van der Waals surface area contributed by atoms with Crippen LogP contribution in [0.3, 0.4) is 0 Å². The van der Waals surface area contributed by atoms with Crippen molar-refractivity contribution in [1.29, 1.82) is 0 Å². The lowest BCUT2D eigenvalue weighted by molar-refractivity contribution is 0.0894. The van der Waals surface area contributed by atoms with Crippen LogP contribution >= 0.6 is 0 Å². The average Bonchev–Trinajstić information content (AvgIpc) is 2.70. The Morgan fingerprint density at radius 3 is 2.40 bits per heavy atom. The topological polar surface area (TPSA) is 23.5 Å². The van der Waals surface area contributed by atoms with Crippen LogP contribution in [0.4, 0.5) is 0 Å². The van der Waals surface area contributed by atoms with E-state index in [9.17, 15) is 5.11 Å². The Balaban J connectivity index is 2.30. The van der Waals surface area contributed by atoms with Gasteiger partial charge in [0.1, 0.15) is 0 Å². The summed E-state index contributed by atoms with van der Waals surface area (Å²) in [5.74, 6) is 0.912. The number of hydrogen-bond acceptors (Lipinski definition) is 2. The van der Waals surface area contributed by atoms with E-state index in [0.29, 0.717) is 6.61 Å². The molecular weight excluding hydrogens is 186 g/mol. The van der Waals surface area contributed by atoms with E-state index in [1.807, 2.05) is 0 Å². The normalized spacial score (nSPS) is 22.2. The smallest absolute Gasteiger partial charge is 0.0496 e. The van der Waals surface area contributed by atoms with Crippen LogP contribution in [0.5, 0.6) is 0 Å². The monoisotopic (exact) mass is 213 g/mol. The zero-order valence-electron chi connectivity index (χ0n) is 10.6. The van der Waals surface area contributed by atoms with Gasteiger partial charge in [0, 0.05) is 25.1 Å². The molecule has 1 fully saturated rings. The highest BCUT2D eigenvalue weighted by atomic mass is 16.3. The van der Waals surface area contributed by atoms with E-state index in [1.54, 1.807) is 0 Å². The van der Waals surface area contributed by atoms with Crippen molar-refractivity contribution in [3.05, 3.63) is 0 Å². The molecule has 0 aliphatic heterocycles. The summed E-state index contributed by atoms with van der Waals surface area (Å²) in [4.78, 5) is 2.41. The van der Waals surface area contributed by atoms with Gasteiger partial charge in [-0.1, -0.05) is 26.7 Å². The Morgan fingerprint density at radius 1 is 1.33 bits per heavy atom. The van der Waals surface area contributed by atoms with Gasteiger partial charge in [0.2, 0.25) is 0 Å². The van der Waals surface area contributed by atoms with Crippen LogP contribution in [0.2, 0.25) is 0 Å². The average molecular weight is 213 g/mol. The first-order chi connectivity index (χ1) is 7.09. The fourth-order valence-corrected chi connectivity index (χ4v) is 2.62. The van der Waals surface area contributed by atoms with E-state index in [-0.39, 0.29) is 5.41 Å². The highest BCUT2D eigenvalue weighted by Crippen LogP contribution is 2.27. The first-order valence-electron chi connectivity index (χ1n) is 6.39. The first kappa shape index (κ1) is 13.0. The SMILES string of the molecule is CCC(C)(CO)CN(C)CC1CCCC1. The summed E-state index contributed by atoms with van der Waals surface area (Å²) >= 11 is 0. The maximum Gasteiger partial charge on any atom is 0.0496 e. The van der Waals surface area contributed by atoms with Gasteiger partial charge >= 0.3 is 0 Å². The van der Waals surface area contributed by atoms with E-state index in [1.165, 1.54) is 32.2 Å². The first-order valence-corrected chi connectivity index (χ1v) is 6.39. The molecule has 0 aromatic heterocycles. The summed E-state index contributed by atoms with van der Waals surface area (Å²) in [6.45, 7) is 6.89. The highest BCUT2D eigenvalue weighted by Gasteiger charge is 2.24. The molecule has 0 heterocycles. The minimum atomic E-state index is 0.0906. The van der Waals surface area contributed by atoms with Gasteiger partial charge in [-0.05, 0) is 32.2 Å². The second kappa shape index (κ2) is 5.86. The summed E-state index contributed by atoms with van der Waals surface area (Å²) in [5, 5.41) is 9.37. The van der Waals surface area contributed by atoms with Crippen LogP contribution in [-0.2, 0) is 0 Å². The van der Waals surface area contributed by atoms with Crippen molar-refractivity contribution < 1.29 is 5.11 Å². The molecular formula is C13H27NO. The lowest BCUT2D eigenvalue weighted by Gasteiger charge is -2.32. The number of aliphatic hydroxyl groups excluding tert-OH is 1. The number of hydrogen-bond donors (Lipinski definition) is 1. The third-order valence-electron chi connectivity index (χ3n) is 3.93. The van der Waals surface area contributed by atoms with Gasteiger partial charge in [-0.25, -0.2) is 0 Å². The predicted molar refractivity (Wildman–Crippen MR) is 64.9 cm³/mol. The molecule has 2 heteroatoms.